The Hall–Kier alpha value is -6.15. The highest BCUT2D eigenvalue weighted by molar-refractivity contribution is 6.43. The SMILES string of the molecule is CC(=O)NCCCCC(NC(=O)C(CCCCNC(=O)OC(C)(C)C)NC(=O)CCOCCOCCOCCNC(=O)COc1ccc2c(C(=O)NCC(=O)N3CCC[C@H]3B(O)O)ccnc2c1)C(=O)OC(C)(C)C. The summed E-state index contributed by atoms with van der Waals surface area (Å²) in [5, 5.41) is 35.8. The quantitative estimate of drug-likeness (QED) is 0.0283. The summed E-state index contributed by atoms with van der Waals surface area (Å²) in [7, 11) is -1.65. The van der Waals surface area contributed by atoms with Crippen LogP contribution in [0.25, 0.3) is 10.9 Å². The molecule has 75 heavy (non-hydrogen) atoms. The zero-order valence-electron chi connectivity index (χ0n) is 44.5. The Kier molecular flexibility index (Phi) is 27.8. The first-order chi connectivity index (χ1) is 35.5. The average molecular weight is 1060 g/mol. The van der Waals surface area contributed by atoms with Gasteiger partial charge in [0.25, 0.3) is 11.8 Å². The number of hydrogen-bond donors (Lipinski definition) is 8. The highest BCUT2D eigenvalue weighted by atomic mass is 16.6. The second-order valence-corrected chi connectivity index (χ2v) is 19.8. The van der Waals surface area contributed by atoms with Gasteiger partial charge in [0.15, 0.2) is 6.61 Å². The van der Waals surface area contributed by atoms with Gasteiger partial charge in [-0.1, -0.05) is 0 Å². The van der Waals surface area contributed by atoms with Gasteiger partial charge in [-0.15, -0.1) is 0 Å². The van der Waals surface area contributed by atoms with Gasteiger partial charge in [0, 0.05) is 57.2 Å². The molecule has 0 spiro atoms. The standard InChI is InChI=1S/C50H79BN8O16/c1-34(60)52-20-10-9-14-39(47(66)74-49(2,3)4)58-46(65)38(13-8-11-21-55-48(67)75-50(5,6)7)57-42(61)19-25-70-27-29-72-30-28-71-26-23-54-43(62)33-73-35-16-17-36-37(18-22-53-40(36)31-35)45(64)56-32-44(63)59-24-12-15-41(59)51(68)69/h16-18,22,31,38-39,41,68-69H,8-15,19-21,23-30,32-33H2,1-7H3,(H,52,60)(H,54,62)(H,55,67)(H,56,64)(H,57,61)(H,58,65)/t38?,39?,41-/m0/s1. The van der Waals surface area contributed by atoms with Crippen LogP contribution in [0.4, 0.5) is 4.79 Å². The monoisotopic (exact) mass is 1060 g/mol. The smallest absolute Gasteiger partial charge is 0.475 e. The van der Waals surface area contributed by atoms with Crippen LogP contribution in [0.5, 0.6) is 5.75 Å². The van der Waals surface area contributed by atoms with Crippen LogP contribution in [0, 0.1) is 0 Å². The lowest BCUT2D eigenvalue weighted by Gasteiger charge is -2.26. The number of amides is 7. The van der Waals surface area contributed by atoms with Gasteiger partial charge in [-0.05, 0) is 111 Å². The molecule has 0 radical (unpaired) electrons. The van der Waals surface area contributed by atoms with Crippen LogP contribution in [0.2, 0.25) is 0 Å². The van der Waals surface area contributed by atoms with Crippen LogP contribution in [-0.2, 0) is 52.5 Å². The number of unbranched alkanes of at least 4 members (excludes halogenated alkanes) is 2. The second-order valence-electron chi connectivity index (χ2n) is 19.8. The van der Waals surface area contributed by atoms with Crippen molar-refractivity contribution in [3.8, 4) is 5.75 Å². The van der Waals surface area contributed by atoms with E-state index in [1.54, 1.807) is 59.7 Å². The third kappa shape index (κ3) is 26.3. The Labute approximate surface area is 439 Å². The third-order valence-electron chi connectivity index (χ3n) is 11.0. The second kappa shape index (κ2) is 33.0. The number of carbonyl (C=O) groups excluding carboxylic acids is 8. The van der Waals surface area contributed by atoms with E-state index >= 15 is 0 Å². The fraction of sp³-hybridized carbons (Fsp3) is 0.660. The highest BCUT2D eigenvalue weighted by Gasteiger charge is 2.37. The zero-order valence-corrected chi connectivity index (χ0v) is 44.5. The first-order valence-electron chi connectivity index (χ1n) is 25.5. The number of pyridine rings is 1. The number of nitrogens with zero attached hydrogens (tertiary/aromatic N) is 2. The van der Waals surface area contributed by atoms with Gasteiger partial charge in [-0.3, -0.25) is 33.8 Å². The molecule has 2 aromatic rings. The highest BCUT2D eigenvalue weighted by Crippen LogP contribution is 2.23. The molecule has 1 aliphatic heterocycles. The number of ether oxygens (including phenoxy) is 6. The summed E-state index contributed by atoms with van der Waals surface area (Å²) in [5.74, 6) is -3.48. The van der Waals surface area contributed by atoms with E-state index in [2.05, 4.69) is 36.9 Å². The molecule has 3 rings (SSSR count). The number of esters is 1. The minimum absolute atomic E-state index is 0.0424. The first kappa shape index (κ1) is 63.1. The van der Waals surface area contributed by atoms with E-state index in [0.717, 1.165) is 0 Å². The summed E-state index contributed by atoms with van der Waals surface area (Å²) in [5.41, 5.74) is -0.765. The summed E-state index contributed by atoms with van der Waals surface area (Å²) < 4.78 is 33.1. The number of nitrogens with one attached hydrogen (secondary N) is 6. The van der Waals surface area contributed by atoms with E-state index in [9.17, 15) is 48.4 Å². The Bertz CT molecular complexity index is 2170. The Morgan fingerprint density at radius 3 is 2.03 bits per heavy atom. The normalized spacial score (nSPS) is 14.3. The molecule has 0 aliphatic carbocycles. The molecule has 1 fully saturated rings. The van der Waals surface area contributed by atoms with Crippen molar-refractivity contribution in [2.24, 2.45) is 0 Å². The molecule has 25 heteroatoms. The summed E-state index contributed by atoms with van der Waals surface area (Å²) in [6, 6.07) is 4.32. The van der Waals surface area contributed by atoms with Crippen molar-refractivity contribution in [2.45, 2.75) is 135 Å². The maximum Gasteiger partial charge on any atom is 0.475 e. The summed E-state index contributed by atoms with van der Waals surface area (Å²) in [6.07, 6.45) is 4.37. The molecular formula is C50H79BN8O16. The van der Waals surface area contributed by atoms with Gasteiger partial charge in [0.2, 0.25) is 23.6 Å². The van der Waals surface area contributed by atoms with Crippen molar-refractivity contribution >= 4 is 65.5 Å². The van der Waals surface area contributed by atoms with Gasteiger partial charge in [0.05, 0.1) is 63.2 Å². The van der Waals surface area contributed by atoms with Crippen LogP contribution >= 0.6 is 0 Å². The largest absolute Gasteiger partial charge is 0.484 e. The molecule has 1 aromatic heterocycles. The maximum atomic E-state index is 13.7. The average Bonchev–Trinajstić information content (AvgIpc) is 3.84. The molecule has 8 N–H and O–H groups in total. The molecule has 24 nitrogen and oxygen atoms in total. The zero-order chi connectivity index (χ0) is 55.4. The molecule has 0 bridgehead atoms. The van der Waals surface area contributed by atoms with Crippen molar-refractivity contribution in [3.05, 3.63) is 36.0 Å². The molecule has 2 heterocycles. The van der Waals surface area contributed by atoms with Crippen LogP contribution < -0.4 is 36.6 Å². The number of alkyl carbamates (subject to hydrolysis) is 1. The van der Waals surface area contributed by atoms with Gasteiger partial charge in [-0.25, -0.2) is 9.59 Å². The molecule has 7 amide bonds. The van der Waals surface area contributed by atoms with E-state index in [1.807, 2.05) is 0 Å². The van der Waals surface area contributed by atoms with Crippen LogP contribution in [-0.4, -0.2) is 183 Å². The predicted molar refractivity (Wildman–Crippen MR) is 275 cm³/mol. The van der Waals surface area contributed by atoms with Crippen LogP contribution in [0.1, 0.15) is 117 Å². The van der Waals surface area contributed by atoms with E-state index in [4.69, 9.17) is 28.4 Å². The number of carbonyl (C=O) groups is 8. The first-order valence-corrected chi connectivity index (χ1v) is 25.5. The number of benzene rings is 1. The van der Waals surface area contributed by atoms with E-state index in [0.29, 0.717) is 68.3 Å². The van der Waals surface area contributed by atoms with Gasteiger partial charge < -0.3 is 75.3 Å². The predicted octanol–water partition coefficient (Wildman–Crippen LogP) is 1.22. The van der Waals surface area contributed by atoms with Crippen molar-refractivity contribution < 1.29 is 76.8 Å². The molecule has 1 saturated heterocycles. The van der Waals surface area contributed by atoms with Crippen LogP contribution in [0.3, 0.4) is 0 Å². The summed E-state index contributed by atoms with van der Waals surface area (Å²) in [4.78, 5) is 107. The van der Waals surface area contributed by atoms with Gasteiger partial charge in [-0.2, -0.15) is 0 Å². The van der Waals surface area contributed by atoms with Crippen molar-refractivity contribution in [2.75, 3.05) is 79.0 Å². The van der Waals surface area contributed by atoms with E-state index in [1.165, 1.54) is 24.1 Å². The van der Waals surface area contributed by atoms with Crippen molar-refractivity contribution in [1.82, 2.24) is 41.8 Å². The maximum absolute atomic E-state index is 13.7. The fourth-order valence-corrected chi connectivity index (χ4v) is 7.50. The molecular weight excluding hydrogens is 979 g/mol. The van der Waals surface area contributed by atoms with E-state index in [-0.39, 0.29) is 96.6 Å². The Morgan fingerprint density at radius 1 is 0.733 bits per heavy atom. The lowest BCUT2D eigenvalue weighted by molar-refractivity contribution is -0.159. The summed E-state index contributed by atoms with van der Waals surface area (Å²) in [6.45, 7) is 13.7. The number of hydrogen-bond acceptors (Lipinski definition) is 17. The topological polar surface area (TPSA) is 321 Å². The van der Waals surface area contributed by atoms with Gasteiger partial charge in [0.1, 0.15) is 29.0 Å². The third-order valence-corrected chi connectivity index (χ3v) is 11.0. The molecule has 2 unspecified atom stereocenters. The minimum Gasteiger partial charge on any atom is -0.484 e. The molecule has 418 valence electrons. The molecule has 1 aliphatic rings. The van der Waals surface area contributed by atoms with Crippen molar-refractivity contribution in [1.29, 1.82) is 0 Å². The number of rotatable bonds is 33. The van der Waals surface area contributed by atoms with Crippen LogP contribution in [0.15, 0.2) is 30.5 Å². The lowest BCUT2D eigenvalue weighted by Crippen LogP contribution is -2.52. The summed E-state index contributed by atoms with van der Waals surface area (Å²) >= 11 is 0. The number of likely N-dealkylation sites (tertiary alicyclic amines) is 1. The molecule has 0 saturated carbocycles. The van der Waals surface area contributed by atoms with E-state index < -0.39 is 77.9 Å². The van der Waals surface area contributed by atoms with Gasteiger partial charge >= 0.3 is 19.2 Å². The Morgan fingerprint density at radius 2 is 1.37 bits per heavy atom. The minimum atomic E-state index is -1.65. The Balaban J connectivity index is 1.33. The number of aromatic nitrogens is 1. The fourth-order valence-electron chi connectivity index (χ4n) is 7.50. The van der Waals surface area contributed by atoms with Crippen molar-refractivity contribution in [3.63, 3.8) is 0 Å². The molecule has 1 aromatic carbocycles. The number of fused-ring (bicyclic) bond motifs is 1. The molecule has 3 atom stereocenters. The lowest BCUT2D eigenvalue weighted by atomic mass is 9.78.